The summed E-state index contributed by atoms with van der Waals surface area (Å²) >= 11 is 0. The molecule has 0 saturated heterocycles. The maximum Gasteiger partial charge on any atom is 0.0323 e. The molecule has 0 aromatic heterocycles. The minimum absolute atomic E-state index is 0.221. The summed E-state index contributed by atoms with van der Waals surface area (Å²) in [5, 5.41) is 0. The Morgan fingerprint density at radius 3 is 2.29 bits per heavy atom. The van der Waals surface area contributed by atoms with Crippen LogP contribution >= 0.6 is 0 Å². The lowest BCUT2D eigenvalue weighted by Crippen LogP contribution is -2.12. The summed E-state index contributed by atoms with van der Waals surface area (Å²) in [5.41, 5.74) is 10.0. The molecule has 17 heavy (non-hydrogen) atoms. The summed E-state index contributed by atoms with van der Waals surface area (Å²) in [4.78, 5) is 0. The van der Waals surface area contributed by atoms with Crippen molar-refractivity contribution in [1.29, 1.82) is 0 Å². The van der Waals surface area contributed by atoms with E-state index in [1.165, 1.54) is 29.5 Å². The Morgan fingerprint density at radius 2 is 1.59 bits per heavy atom. The minimum Gasteiger partial charge on any atom is -0.324 e. The monoisotopic (exact) mass is 223 g/mol. The number of hydrogen-bond acceptors (Lipinski definition) is 1. The summed E-state index contributed by atoms with van der Waals surface area (Å²) in [6.07, 6.45) is 2.58. The third kappa shape index (κ3) is 2.25. The highest BCUT2D eigenvalue weighted by Gasteiger charge is 2.29. The van der Waals surface area contributed by atoms with Crippen molar-refractivity contribution in [3.8, 4) is 11.1 Å². The lowest BCUT2D eigenvalue weighted by molar-refractivity contribution is 0.634. The Hall–Kier alpha value is -1.60. The highest BCUT2D eigenvalue weighted by Crippen LogP contribution is 2.40. The van der Waals surface area contributed by atoms with Crippen LogP contribution in [-0.4, -0.2) is 0 Å². The van der Waals surface area contributed by atoms with Gasteiger partial charge in [0.05, 0.1) is 0 Å². The molecular weight excluding hydrogens is 206 g/mol. The summed E-state index contributed by atoms with van der Waals surface area (Å²) in [6, 6.07) is 19.3. The quantitative estimate of drug-likeness (QED) is 0.842. The van der Waals surface area contributed by atoms with Gasteiger partial charge in [0.25, 0.3) is 0 Å². The van der Waals surface area contributed by atoms with Crippen molar-refractivity contribution in [1.82, 2.24) is 0 Å². The van der Waals surface area contributed by atoms with Gasteiger partial charge in [-0.05, 0) is 41.5 Å². The van der Waals surface area contributed by atoms with E-state index in [1.54, 1.807) is 0 Å². The van der Waals surface area contributed by atoms with Gasteiger partial charge in [-0.1, -0.05) is 48.5 Å². The normalized spacial score (nSPS) is 16.8. The molecule has 1 heteroatoms. The van der Waals surface area contributed by atoms with Gasteiger partial charge in [0.15, 0.2) is 0 Å². The van der Waals surface area contributed by atoms with E-state index in [0.29, 0.717) is 5.92 Å². The van der Waals surface area contributed by atoms with Crippen LogP contribution in [-0.2, 0) is 0 Å². The molecule has 0 spiro atoms. The molecule has 0 bridgehead atoms. The van der Waals surface area contributed by atoms with Gasteiger partial charge in [-0.15, -0.1) is 0 Å². The first-order chi connectivity index (χ1) is 8.34. The van der Waals surface area contributed by atoms with Crippen molar-refractivity contribution in [2.45, 2.75) is 18.9 Å². The van der Waals surface area contributed by atoms with Crippen molar-refractivity contribution >= 4 is 0 Å². The van der Waals surface area contributed by atoms with Crippen LogP contribution in [0.15, 0.2) is 54.6 Å². The second kappa shape index (κ2) is 4.34. The van der Waals surface area contributed by atoms with E-state index in [0.717, 1.165) is 0 Å². The number of rotatable bonds is 3. The maximum atomic E-state index is 6.25. The molecule has 2 N–H and O–H groups in total. The molecule has 1 fully saturated rings. The molecular formula is C16H17N. The molecule has 2 aromatic carbocycles. The molecule has 0 unspecified atom stereocenters. The Kier molecular flexibility index (Phi) is 2.69. The van der Waals surface area contributed by atoms with E-state index in [-0.39, 0.29) is 6.04 Å². The van der Waals surface area contributed by atoms with E-state index in [9.17, 15) is 0 Å². The van der Waals surface area contributed by atoms with Gasteiger partial charge in [0.2, 0.25) is 0 Å². The van der Waals surface area contributed by atoms with E-state index < -0.39 is 0 Å². The Morgan fingerprint density at radius 1 is 0.882 bits per heavy atom. The van der Waals surface area contributed by atoms with Crippen molar-refractivity contribution in [2.24, 2.45) is 11.7 Å². The van der Waals surface area contributed by atoms with E-state index >= 15 is 0 Å². The van der Waals surface area contributed by atoms with E-state index in [2.05, 4.69) is 48.5 Å². The Bertz CT molecular complexity index is 500. The molecule has 0 amide bonds. The summed E-state index contributed by atoms with van der Waals surface area (Å²) in [7, 11) is 0. The topological polar surface area (TPSA) is 26.0 Å². The third-order valence-electron chi connectivity index (χ3n) is 3.51. The molecule has 1 saturated carbocycles. The van der Waals surface area contributed by atoms with Crippen LogP contribution in [0.3, 0.4) is 0 Å². The number of hydrogen-bond donors (Lipinski definition) is 1. The fourth-order valence-corrected chi connectivity index (χ4v) is 2.28. The molecule has 86 valence electrons. The van der Waals surface area contributed by atoms with Crippen molar-refractivity contribution in [3.05, 3.63) is 60.2 Å². The lowest BCUT2D eigenvalue weighted by atomic mass is 9.98. The number of nitrogens with two attached hydrogens (primary N) is 1. The van der Waals surface area contributed by atoms with Gasteiger partial charge >= 0.3 is 0 Å². The fraction of sp³-hybridized carbons (Fsp3) is 0.250. The molecule has 0 heterocycles. The van der Waals surface area contributed by atoms with E-state index in [4.69, 9.17) is 5.73 Å². The van der Waals surface area contributed by atoms with Crippen molar-refractivity contribution < 1.29 is 0 Å². The first kappa shape index (κ1) is 10.5. The van der Waals surface area contributed by atoms with Crippen LogP contribution in [0.2, 0.25) is 0 Å². The number of benzene rings is 2. The fourth-order valence-electron chi connectivity index (χ4n) is 2.28. The van der Waals surface area contributed by atoms with Gasteiger partial charge in [0, 0.05) is 6.04 Å². The van der Waals surface area contributed by atoms with Crippen LogP contribution in [0, 0.1) is 5.92 Å². The molecule has 1 aliphatic carbocycles. The zero-order valence-corrected chi connectivity index (χ0v) is 9.84. The molecule has 1 atom stereocenters. The molecule has 1 aliphatic rings. The molecule has 2 aromatic rings. The average Bonchev–Trinajstić information content (AvgIpc) is 3.23. The van der Waals surface area contributed by atoms with Crippen molar-refractivity contribution in [2.75, 3.05) is 0 Å². The smallest absolute Gasteiger partial charge is 0.0323 e. The second-order valence-corrected chi connectivity index (χ2v) is 4.85. The molecule has 1 nitrogen and oxygen atoms in total. The zero-order valence-electron chi connectivity index (χ0n) is 9.84. The van der Waals surface area contributed by atoms with Crippen LogP contribution in [0.25, 0.3) is 11.1 Å². The SMILES string of the molecule is N[C@H](c1cccc(-c2ccccc2)c1)C1CC1. The predicted molar refractivity (Wildman–Crippen MR) is 71.5 cm³/mol. The standard InChI is InChI=1S/C16H17N/c17-16(13-9-10-13)15-8-4-7-14(11-15)12-5-2-1-3-6-12/h1-8,11,13,16H,9-10,17H2/t16-/m0/s1. The van der Waals surface area contributed by atoms with Crippen LogP contribution in [0.1, 0.15) is 24.4 Å². The summed E-state index contributed by atoms with van der Waals surface area (Å²) in [5.74, 6) is 0.709. The van der Waals surface area contributed by atoms with Crippen molar-refractivity contribution in [3.63, 3.8) is 0 Å². The Balaban J connectivity index is 1.93. The van der Waals surface area contributed by atoms with Gasteiger partial charge in [-0.2, -0.15) is 0 Å². The Labute approximate surface area is 102 Å². The molecule has 0 radical (unpaired) electrons. The summed E-state index contributed by atoms with van der Waals surface area (Å²) in [6.45, 7) is 0. The minimum atomic E-state index is 0.221. The zero-order chi connectivity index (χ0) is 11.7. The van der Waals surface area contributed by atoms with Gasteiger partial charge < -0.3 is 5.73 Å². The van der Waals surface area contributed by atoms with Crippen LogP contribution in [0.4, 0.5) is 0 Å². The van der Waals surface area contributed by atoms with Gasteiger partial charge in [-0.25, -0.2) is 0 Å². The maximum absolute atomic E-state index is 6.25. The largest absolute Gasteiger partial charge is 0.324 e. The highest BCUT2D eigenvalue weighted by atomic mass is 14.7. The van der Waals surface area contributed by atoms with Gasteiger partial charge in [0.1, 0.15) is 0 Å². The highest BCUT2D eigenvalue weighted by molar-refractivity contribution is 5.64. The molecule has 0 aliphatic heterocycles. The van der Waals surface area contributed by atoms with Gasteiger partial charge in [-0.3, -0.25) is 0 Å². The summed E-state index contributed by atoms with van der Waals surface area (Å²) < 4.78 is 0. The first-order valence-corrected chi connectivity index (χ1v) is 6.25. The van der Waals surface area contributed by atoms with Crippen LogP contribution < -0.4 is 5.73 Å². The third-order valence-corrected chi connectivity index (χ3v) is 3.51. The average molecular weight is 223 g/mol. The van der Waals surface area contributed by atoms with Crippen LogP contribution in [0.5, 0.6) is 0 Å². The molecule has 3 rings (SSSR count). The predicted octanol–water partition coefficient (Wildman–Crippen LogP) is 3.76. The van der Waals surface area contributed by atoms with E-state index in [1.807, 2.05) is 6.07 Å². The second-order valence-electron chi connectivity index (χ2n) is 4.85. The first-order valence-electron chi connectivity index (χ1n) is 6.25. The lowest BCUT2D eigenvalue weighted by Gasteiger charge is -2.12.